The first-order valence-electron chi connectivity index (χ1n) is 10.6. The Morgan fingerprint density at radius 1 is 1.00 bits per heavy atom. The number of hydrogen-bond donors (Lipinski definition) is 1. The molecule has 154 valence electrons. The number of nitrogens with zero attached hydrogens (tertiary/aromatic N) is 3. The number of fused-ring (bicyclic) bond motifs is 1. The molecule has 7 nitrogen and oxygen atoms in total. The summed E-state index contributed by atoms with van der Waals surface area (Å²) in [5.41, 5.74) is 0.823. The van der Waals surface area contributed by atoms with Gasteiger partial charge in [-0.2, -0.15) is 0 Å². The number of amides is 3. The molecule has 7 rings (SSSR count). The van der Waals surface area contributed by atoms with E-state index in [2.05, 4.69) is 15.5 Å². The third kappa shape index (κ3) is 2.73. The molecule has 5 aliphatic rings. The van der Waals surface area contributed by atoms with Gasteiger partial charge in [0.1, 0.15) is 11.6 Å². The maximum Gasteiger partial charge on any atom is 0.262 e. The van der Waals surface area contributed by atoms with Crippen LogP contribution >= 0.6 is 11.3 Å². The molecular weight excluding hydrogens is 400 g/mol. The Hall–Kier alpha value is -2.61. The van der Waals surface area contributed by atoms with Crippen molar-refractivity contribution in [3.63, 3.8) is 0 Å². The largest absolute Gasteiger partial charge is 0.299 e. The summed E-state index contributed by atoms with van der Waals surface area (Å²) >= 11 is 1.45. The van der Waals surface area contributed by atoms with E-state index < -0.39 is 17.7 Å². The second-order valence-corrected chi connectivity index (χ2v) is 10.4. The quantitative estimate of drug-likeness (QED) is 0.764. The summed E-state index contributed by atoms with van der Waals surface area (Å²) < 4.78 is 0. The summed E-state index contributed by atoms with van der Waals surface area (Å²) in [7, 11) is 0. The molecule has 30 heavy (non-hydrogen) atoms. The van der Waals surface area contributed by atoms with E-state index in [-0.39, 0.29) is 12.0 Å². The second-order valence-electron chi connectivity index (χ2n) is 9.40. The van der Waals surface area contributed by atoms with Crippen molar-refractivity contribution in [2.75, 3.05) is 11.9 Å². The van der Waals surface area contributed by atoms with Crippen LogP contribution in [0.15, 0.2) is 24.3 Å². The van der Waals surface area contributed by atoms with E-state index in [1.807, 2.05) is 0 Å². The Morgan fingerprint density at radius 3 is 2.13 bits per heavy atom. The molecule has 3 amide bonds. The number of anilines is 1. The van der Waals surface area contributed by atoms with Gasteiger partial charge in [0.05, 0.1) is 11.1 Å². The highest BCUT2D eigenvalue weighted by Crippen LogP contribution is 2.61. The van der Waals surface area contributed by atoms with E-state index >= 15 is 0 Å². The molecule has 0 atom stereocenters. The van der Waals surface area contributed by atoms with Crippen molar-refractivity contribution >= 4 is 34.2 Å². The molecule has 1 aromatic heterocycles. The average molecular weight is 423 g/mol. The van der Waals surface area contributed by atoms with Crippen LogP contribution in [0, 0.1) is 17.8 Å². The Bertz CT molecular complexity index is 1010. The number of carbonyl (C=O) groups excluding carboxylic acids is 3. The Morgan fingerprint density at radius 2 is 1.57 bits per heavy atom. The molecule has 4 fully saturated rings. The molecule has 0 spiro atoms. The lowest BCUT2D eigenvalue weighted by atomic mass is 9.50. The third-order valence-electron chi connectivity index (χ3n) is 7.34. The second kappa shape index (κ2) is 6.44. The first-order valence-corrected chi connectivity index (χ1v) is 11.4. The topological polar surface area (TPSA) is 92.3 Å². The molecule has 2 heterocycles. The monoisotopic (exact) mass is 422 g/mol. The fourth-order valence-corrected chi connectivity index (χ4v) is 7.52. The Balaban J connectivity index is 1.16. The van der Waals surface area contributed by atoms with Crippen LogP contribution in [-0.2, 0) is 10.2 Å². The van der Waals surface area contributed by atoms with Gasteiger partial charge in [-0.15, -0.1) is 10.2 Å². The molecule has 0 radical (unpaired) electrons. The summed E-state index contributed by atoms with van der Waals surface area (Å²) in [6.45, 7) is -0.321. The molecule has 1 N–H and O–H groups in total. The smallest absolute Gasteiger partial charge is 0.262 e. The van der Waals surface area contributed by atoms with Crippen LogP contribution in [0.2, 0.25) is 0 Å². The van der Waals surface area contributed by atoms with Gasteiger partial charge in [-0.05, 0) is 68.4 Å². The van der Waals surface area contributed by atoms with Gasteiger partial charge in [0.25, 0.3) is 11.8 Å². The van der Waals surface area contributed by atoms with E-state index in [0.29, 0.717) is 16.3 Å². The molecule has 1 aliphatic heterocycles. The molecule has 2 aromatic rings. The van der Waals surface area contributed by atoms with Gasteiger partial charge >= 0.3 is 0 Å². The minimum atomic E-state index is -0.433. The van der Waals surface area contributed by atoms with Crippen molar-refractivity contribution in [3.05, 3.63) is 40.4 Å². The summed E-state index contributed by atoms with van der Waals surface area (Å²) in [6, 6.07) is 6.63. The van der Waals surface area contributed by atoms with E-state index in [1.165, 1.54) is 49.9 Å². The molecule has 1 aromatic carbocycles. The zero-order chi connectivity index (χ0) is 20.5. The maximum atomic E-state index is 12.5. The Labute approximate surface area is 177 Å². The van der Waals surface area contributed by atoms with Crippen LogP contribution in [0.25, 0.3) is 0 Å². The van der Waals surface area contributed by atoms with E-state index in [9.17, 15) is 14.4 Å². The normalized spacial score (nSPS) is 31.3. The summed E-state index contributed by atoms with van der Waals surface area (Å²) in [4.78, 5) is 38.5. The van der Waals surface area contributed by atoms with Crippen molar-refractivity contribution in [1.82, 2.24) is 15.1 Å². The minimum Gasteiger partial charge on any atom is -0.299 e. The summed E-state index contributed by atoms with van der Waals surface area (Å²) in [5.74, 6) is 1.14. The molecular formula is C22H22N4O3S. The lowest BCUT2D eigenvalue weighted by molar-refractivity contribution is -0.116. The number of hydrogen-bond acceptors (Lipinski definition) is 6. The minimum absolute atomic E-state index is 0.137. The number of carbonyl (C=O) groups is 3. The predicted molar refractivity (Wildman–Crippen MR) is 110 cm³/mol. The molecule has 4 bridgehead atoms. The van der Waals surface area contributed by atoms with Crippen molar-refractivity contribution in [1.29, 1.82) is 0 Å². The third-order valence-corrected chi connectivity index (χ3v) is 8.43. The molecule has 4 saturated carbocycles. The lowest BCUT2D eigenvalue weighted by Gasteiger charge is -2.55. The van der Waals surface area contributed by atoms with Crippen LogP contribution in [0.3, 0.4) is 0 Å². The number of aromatic nitrogens is 2. The highest BCUT2D eigenvalue weighted by atomic mass is 32.1. The fraction of sp³-hybridized carbons (Fsp3) is 0.500. The molecule has 0 saturated heterocycles. The zero-order valence-corrected chi connectivity index (χ0v) is 17.3. The lowest BCUT2D eigenvalue weighted by Crippen LogP contribution is -2.48. The highest BCUT2D eigenvalue weighted by Gasteiger charge is 2.53. The SMILES string of the molecule is O=C(CN1C(=O)c2ccccc2C1=O)Nc1nnc(C23CC4CC(CC(C4)C2)C3)s1. The fourth-order valence-electron chi connectivity index (χ4n) is 6.55. The standard InChI is InChI=1S/C22H22N4O3S/c27-17(11-26-18(28)15-3-1-2-4-16(15)19(26)29)23-21-25-24-20(30-21)22-8-12-5-13(9-22)7-14(6-12)10-22/h1-4,12-14H,5-11H2,(H,23,25,27). The van der Waals surface area contributed by atoms with Crippen molar-refractivity contribution in [2.45, 2.75) is 43.9 Å². The van der Waals surface area contributed by atoms with Gasteiger partial charge < -0.3 is 0 Å². The molecule has 0 unspecified atom stereocenters. The highest BCUT2D eigenvalue weighted by molar-refractivity contribution is 7.15. The first kappa shape index (κ1) is 18.2. The van der Waals surface area contributed by atoms with Gasteiger partial charge in [0.2, 0.25) is 11.0 Å². The first-order chi connectivity index (χ1) is 14.5. The van der Waals surface area contributed by atoms with Crippen LogP contribution < -0.4 is 5.32 Å². The van der Waals surface area contributed by atoms with Crippen LogP contribution in [-0.4, -0.2) is 39.4 Å². The van der Waals surface area contributed by atoms with Crippen LogP contribution in [0.1, 0.15) is 64.2 Å². The van der Waals surface area contributed by atoms with Gasteiger partial charge in [-0.1, -0.05) is 23.5 Å². The van der Waals surface area contributed by atoms with Crippen molar-refractivity contribution in [2.24, 2.45) is 17.8 Å². The van der Waals surface area contributed by atoms with Crippen molar-refractivity contribution < 1.29 is 14.4 Å². The van der Waals surface area contributed by atoms with E-state index in [1.54, 1.807) is 24.3 Å². The summed E-state index contributed by atoms with van der Waals surface area (Å²) in [6.07, 6.45) is 7.66. The molecule has 8 heteroatoms. The summed E-state index contributed by atoms with van der Waals surface area (Å²) in [5, 5.41) is 12.9. The maximum absolute atomic E-state index is 12.5. The van der Waals surface area contributed by atoms with Crippen LogP contribution in [0.5, 0.6) is 0 Å². The number of rotatable bonds is 4. The van der Waals surface area contributed by atoms with E-state index in [4.69, 9.17) is 0 Å². The van der Waals surface area contributed by atoms with Gasteiger partial charge in [-0.3, -0.25) is 24.6 Å². The van der Waals surface area contributed by atoms with Gasteiger partial charge in [0.15, 0.2) is 0 Å². The number of nitrogens with one attached hydrogen (secondary N) is 1. The van der Waals surface area contributed by atoms with Crippen molar-refractivity contribution in [3.8, 4) is 0 Å². The zero-order valence-electron chi connectivity index (χ0n) is 16.5. The van der Waals surface area contributed by atoms with Crippen LogP contribution in [0.4, 0.5) is 5.13 Å². The Kier molecular flexibility index (Phi) is 3.90. The number of imide groups is 1. The predicted octanol–water partition coefficient (Wildman–Crippen LogP) is 3.24. The molecule has 4 aliphatic carbocycles. The van der Waals surface area contributed by atoms with E-state index in [0.717, 1.165) is 27.7 Å². The van der Waals surface area contributed by atoms with Gasteiger partial charge in [-0.25, -0.2) is 0 Å². The van der Waals surface area contributed by atoms with Gasteiger partial charge in [0, 0.05) is 5.41 Å². The average Bonchev–Trinajstić information content (AvgIpc) is 3.27. The number of benzene rings is 1.